The Bertz CT molecular complexity index is 483. The number of carbonyl (C=O) groups is 2. The van der Waals surface area contributed by atoms with Gasteiger partial charge in [-0.05, 0) is 29.5 Å². The highest BCUT2D eigenvalue weighted by Crippen LogP contribution is 2.18. The van der Waals surface area contributed by atoms with Crippen LogP contribution in [-0.2, 0) is 4.79 Å². The van der Waals surface area contributed by atoms with Crippen molar-refractivity contribution < 1.29 is 9.59 Å². The maximum atomic E-state index is 12.3. The lowest BCUT2D eigenvalue weighted by Crippen LogP contribution is -2.49. The fraction of sp³-hybridized carbons (Fsp3) is 0.500. The first-order valence-electron chi connectivity index (χ1n) is 7.32. The molecule has 0 aliphatic rings. The number of rotatable bonds is 6. The van der Waals surface area contributed by atoms with Gasteiger partial charge in [0.15, 0.2) is 0 Å². The summed E-state index contributed by atoms with van der Waals surface area (Å²) in [4.78, 5) is 23.3. The molecule has 2 atom stereocenters. The molecule has 0 spiro atoms. The Labute approximate surface area is 126 Å². The lowest BCUT2D eigenvalue weighted by Gasteiger charge is -2.22. The van der Waals surface area contributed by atoms with E-state index in [9.17, 15) is 9.59 Å². The predicted octanol–water partition coefficient (Wildman–Crippen LogP) is 2.83. The summed E-state index contributed by atoms with van der Waals surface area (Å²) in [6.07, 6.45) is 0.769. The molecule has 0 heterocycles. The van der Waals surface area contributed by atoms with E-state index in [2.05, 4.69) is 24.5 Å². The van der Waals surface area contributed by atoms with Crippen LogP contribution in [0.25, 0.3) is 0 Å². The molecular weight excluding hydrogens is 266 g/mol. The third kappa shape index (κ3) is 5.10. The lowest BCUT2D eigenvalue weighted by molar-refractivity contribution is -0.119. The van der Waals surface area contributed by atoms with E-state index in [0.29, 0.717) is 11.6 Å². The predicted molar refractivity (Wildman–Crippen MR) is 85.1 cm³/mol. The summed E-state index contributed by atoms with van der Waals surface area (Å²) in [6, 6.07) is 6.39. The Kier molecular flexibility index (Phi) is 6.21. The zero-order valence-corrected chi connectivity index (χ0v) is 13.1. The Hall–Kier alpha value is -2.04. The van der Waals surface area contributed by atoms with Crippen molar-refractivity contribution in [3.05, 3.63) is 29.8 Å². The van der Waals surface area contributed by atoms with Crippen LogP contribution < -0.4 is 16.4 Å². The number of primary amides is 1. The van der Waals surface area contributed by atoms with Crippen molar-refractivity contribution >= 4 is 17.6 Å². The molecule has 0 unspecified atom stereocenters. The van der Waals surface area contributed by atoms with E-state index in [0.717, 1.165) is 6.42 Å². The van der Waals surface area contributed by atoms with Gasteiger partial charge >= 0.3 is 6.03 Å². The second-order valence-corrected chi connectivity index (χ2v) is 5.64. The van der Waals surface area contributed by atoms with Crippen LogP contribution in [0.3, 0.4) is 0 Å². The smallest absolute Gasteiger partial charge is 0.312 e. The standard InChI is InChI=1S/C16H25N3O2/c1-5-11(4)14(19-16(17)21)15(20)18-13-8-6-12(7-9-13)10(2)3/h6-11,14H,5H2,1-4H3,(H,18,20)(H3,17,19,21)/t11-,14-/m0/s1. The van der Waals surface area contributed by atoms with Crippen molar-refractivity contribution in [2.45, 2.75) is 46.1 Å². The molecule has 1 rings (SSSR count). The molecule has 0 saturated heterocycles. The normalized spacial score (nSPS) is 13.6. The number of benzene rings is 1. The quantitative estimate of drug-likeness (QED) is 0.753. The molecule has 1 aromatic rings. The molecule has 1 aromatic carbocycles. The third-order valence-electron chi connectivity index (χ3n) is 3.64. The lowest BCUT2D eigenvalue weighted by atomic mass is 9.98. The maximum absolute atomic E-state index is 12.3. The van der Waals surface area contributed by atoms with Crippen molar-refractivity contribution in [2.75, 3.05) is 5.32 Å². The first kappa shape index (κ1) is 17.0. The highest BCUT2D eigenvalue weighted by Gasteiger charge is 2.25. The average Bonchev–Trinajstić information content (AvgIpc) is 2.44. The Morgan fingerprint density at radius 3 is 2.14 bits per heavy atom. The van der Waals surface area contributed by atoms with Crippen LogP contribution in [0.5, 0.6) is 0 Å². The van der Waals surface area contributed by atoms with E-state index in [-0.39, 0.29) is 11.8 Å². The molecule has 4 N–H and O–H groups in total. The number of carbonyl (C=O) groups excluding carboxylic acids is 2. The summed E-state index contributed by atoms with van der Waals surface area (Å²) in [5.41, 5.74) is 7.06. The van der Waals surface area contributed by atoms with Crippen LogP contribution in [0.2, 0.25) is 0 Å². The molecule has 0 radical (unpaired) electrons. The third-order valence-corrected chi connectivity index (χ3v) is 3.64. The Morgan fingerprint density at radius 1 is 1.14 bits per heavy atom. The largest absolute Gasteiger partial charge is 0.352 e. The van der Waals surface area contributed by atoms with E-state index in [4.69, 9.17) is 5.73 Å². The van der Waals surface area contributed by atoms with Gasteiger partial charge in [0.25, 0.3) is 0 Å². The first-order chi connectivity index (χ1) is 9.85. The summed E-state index contributed by atoms with van der Waals surface area (Å²) < 4.78 is 0. The second-order valence-electron chi connectivity index (χ2n) is 5.64. The van der Waals surface area contributed by atoms with Crippen LogP contribution in [0.4, 0.5) is 10.5 Å². The number of nitrogens with one attached hydrogen (secondary N) is 2. The van der Waals surface area contributed by atoms with Gasteiger partial charge in [-0.1, -0.05) is 46.2 Å². The molecule has 21 heavy (non-hydrogen) atoms. The van der Waals surface area contributed by atoms with Gasteiger partial charge in [-0.2, -0.15) is 0 Å². The van der Waals surface area contributed by atoms with E-state index < -0.39 is 12.1 Å². The van der Waals surface area contributed by atoms with Crippen LogP contribution in [0.1, 0.15) is 45.6 Å². The monoisotopic (exact) mass is 291 g/mol. The maximum Gasteiger partial charge on any atom is 0.312 e. The van der Waals surface area contributed by atoms with Gasteiger partial charge in [-0.15, -0.1) is 0 Å². The zero-order chi connectivity index (χ0) is 16.0. The summed E-state index contributed by atoms with van der Waals surface area (Å²) >= 11 is 0. The number of anilines is 1. The van der Waals surface area contributed by atoms with Crippen molar-refractivity contribution in [2.24, 2.45) is 11.7 Å². The van der Waals surface area contributed by atoms with Gasteiger partial charge in [0.2, 0.25) is 5.91 Å². The molecule has 5 heteroatoms. The SMILES string of the molecule is CC[C@H](C)[C@H](NC(N)=O)C(=O)Nc1ccc(C(C)C)cc1. The van der Waals surface area contributed by atoms with Gasteiger partial charge in [0.05, 0.1) is 0 Å². The van der Waals surface area contributed by atoms with Crippen molar-refractivity contribution in [3.63, 3.8) is 0 Å². The molecule has 0 aliphatic heterocycles. The zero-order valence-electron chi connectivity index (χ0n) is 13.1. The summed E-state index contributed by atoms with van der Waals surface area (Å²) in [5.74, 6) is 0.201. The number of urea groups is 1. The van der Waals surface area contributed by atoms with E-state index >= 15 is 0 Å². The number of hydrogen-bond acceptors (Lipinski definition) is 2. The first-order valence-corrected chi connectivity index (χ1v) is 7.32. The summed E-state index contributed by atoms with van der Waals surface area (Å²) in [7, 11) is 0. The van der Waals surface area contributed by atoms with Crippen molar-refractivity contribution in [1.82, 2.24) is 5.32 Å². The minimum absolute atomic E-state index is 0.00689. The summed E-state index contributed by atoms with van der Waals surface area (Å²) in [6.45, 7) is 8.10. The second kappa shape index (κ2) is 7.67. The summed E-state index contributed by atoms with van der Waals surface area (Å²) in [5, 5.41) is 5.33. The Morgan fingerprint density at radius 2 is 1.71 bits per heavy atom. The van der Waals surface area contributed by atoms with Crippen LogP contribution in [0, 0.1) is 5.92 Å². The minimum atomic E-state index is -0.689. The number of nitrogens with two attached hydrogens (primary N) is 1. The van der Waals surface area contributed by atoms with Gasteiger partial charge < -0.3 is 16.4 Å². The molecule has 3 amide bonds. The fourth-order valence-corrected chi connectivity index (χ4v) is 2.03. The van der Waals surface area contributed by atoms with Gasteiger partial charge in [-0.25, -0.2) is 4.79 Å². The van der Waals surface area contributed by atoms with Crippen LogP contribution in [0.15, 0.2) is 24.3 Å². The van der Waals surface area contributed by atoms with Gasteiger partial charge in [-0.3, -0.25) is 4.79 Å². The van der Waals surface area contributed by atoms with E-state index in [1.165, 1.54) is 5.56 Å². The minimum Gasteiger partial charge on any atom is -0.352 e. The molecule has 116 valence electrons. The van der Waals surface area contributed by atoms with Crippen molar-refractivity contribution in [1.29, 1.82) is 0 Å². The number of hydrogen-bond donors (Lipinski definition) is 3. The molecular formula is C16H25N3O2. The molecule has 0 saturated carbocycles. The average molecular weight is 291 g/mol. The molecule has 0 bridgehead atoms. The van der Waals surface area contributed by atoms with Crippen LogP contribution in [-0.4, -0.2) is 18.0 Å². The molecule has 5 nitrogen and oxygen atoms in total. The fourth-order valence-electron chi connectivity index (χ4n) is 2.03. The Balaban J connectivity index is 2.78. The van der Waals surface area contributed by atoms with Gasteiger partial charge in [0, 0.05) is 5.69 Å². The topological polar surface area (TPSA) is 84.2 Å². The molecule has 0 aromatic heterocycles. The highest BCUT2D eigenvalue weighted by atomic mass is 16.2. The van der Waals surface area contributed by atoms with E-state index in [1.54, 1.807) is 0 Å². The number of amides is 3. The van der Waals surface area contributed by atoms with E-state index in [1.807, 2.05) is 38.1 Å². The van der Waals surface area contributed by atoms with Crippen LogP contribution >= 0.6 is 0 Å². The van der Waals surface area contributed by atoms with Crippen molar-refractivity contribution in [3.8, 4) is 0 Å². The van der Waals surface area contributed by atoms with Gasteiger partial charge in [0.1, 0.15) is 6.04 Å². The highest BCUT2D eigenvalue weighted by molar-refractivity contribution is 5.97. The molecule has 0 aliphatic carbocycles. The molecule has 0 fully saturated rings.